The third kappa shape index (κ3) is 21.7. The molecule has 636 valence electrons. The number of benzene rings is 8. The molecule has 8 fully saturated rings. The summed E-state index contributed by atoms with van der Waals surface area (Å²) in [7, 11) is 1.73. The summed E-state index contributed by atoms with van der Waals surface area (Å²) >= 11 is 0. The Labute approximate surface area is 716 Å². The van der Waals surface area contributed by atoms with Gasteiger partial charge in [-0.15, -0.1) is 0 Å². The third-order valence-corrected chi connectivity index (χ3v) is 23.4. The van der Waals surface area contributed by atoms with Crippen LogP contribution in [0, 0.1) is 69.0 Å². The smallest absolute Gasteiger partial charge is 0.248 e. The number of carbonyl (C=O) groups is 7. The molecule has 8 aliphatic rings. The third-order valence-electron chi connectivity index (χ3n) is 23.4. The summed E-state index contributed by atoms with van der Waals surface area (Å²) in [5.74, 6) is -0.214. The number of nitrogens with zero attached hydrogens (tertiary/aromatic N) is 9. The summed E-state index contributed by atoms with van der Waals surface area (Å²) in [4.78, 5) is 97.4. The highest BCUT2D eigenvalue weighted by Crippen LogP contribution is 2.48. The van der Waals surface area contributed by atoms with Gasteiger partial charge in [-0.05, 0) is 206 Å². The first-order valence-electron chi connectivity index (χ1n) is 41.7. The van der Waals surface area contributed by atoms with Gasteiger partial charge in [0.1, 0.15) is 67.2 Å². The molecule has 2 unspecified atom stereocenters. The summed E-state index contributed by atoms with van der Waals surface area (Å²) < 4.78 is 46.3. The minimum absolute atomic E-state index is 0.0242. The number of rotatable bonds is 23. The zero-order chi connectivity index (χ0) is 87.1. The minimum atomic E-state index is -1.44. The molecule has 4 saturated heterocycles. The molecule has 29 heteroatoms. The van der Waals surface area contributed by atoms with Gasteiger partial charge in [0, 0.05) is 117 Å². The number of methoxy groups -OCH3 is 1. The Hall–Kier alpha value is -13.8. The van der Waals surface area contributed by atoms with Gasteiger partial charge in [-0.3, -0.25) is 33.6 Å². The molecular formula is C95H95F2N15O12. The van der Waals surface area contributed by atoms with Gasteiger partial charge >= 0.3 is 0 Å². The van der Waals surface area contributed by atoms with Crippen LogP contribution in [0.15, 0.2) is 182 Å². The molecule has 17 rings (SSSR count). The van der Waals surface area contributed by atoms with Gasteiger partial charge < -0.3 is 76.0 Å². The van der Waals surface area contributed by atoms with E-state index in [0.717, 1.165) is 144 Å². The van der Waals surface area contributed by atoms with Crippen molar-refractivity contribution < 1.29 is 66.8 Å². The Morgan fingerprint density at radius 2 is 0.887 bits per heavy atom. The Morgan fingerprint density at radius 3 is 1.27 bits per heavy atom. The molecule has 0 radical (unpaired) electrons. The maximum Gasteiger partial charge on any atom is 0.248 e. The first-order valence-corrected chi connectivity index (χ1v) is 41.7. The molecule has 27 nitrogen and oxygen atoms in total. The lowest BCUT2D eigenvalue weighted by Crippen LogP contribution is -2.50. The number of anilines is 6. The van der Waals surface area contributed by atoms with Crippen molar-refractivity contribution in [2.45, 2.75) is 120 Å². The molecule has 5 heterocycles. The monoisotopic (exact) mass is 1680 g/mol. The molecule has 8 aromatic carbocycles. The number of aliphatic hydroxyl groups is 2. The van der Waals surface area contributed by atoms with E-state index in [1.807, 2.05) is 138 Å². The molecule has 9 N–H and O–H groups in total. The van der Waals surface area contributed by atoms with Crippen LogP contribution >= 0.6 is 0 Å². The summed E-state index contributed by atoms with van der Waals surface area (Å²) in [5.41, 5.74) is 19.7. The normalized spacial score (nSPS) is 20.3. The number of piperidine rings is 2. The number of hydrogen-bond donors (Lipinski definition) is 8. The molecule has 124 heavy (non-hydrogen) atoms. The highest BCUT2D eigenvalue weighted by molar-refractivity contribution is 5.98. The predicted octanol–water partition coefficient (Wildman–Crippen LogP) is 12.7. The zero-order valence-electron chi connectivity index (χ0n) is 68.4. The van der Waals surface area contributed by atoms with Crippen LogP contribution in [0.5, 0.6) is 11.5 Å². The van der Waals surface area contributed by atoms with Crippen molar-refractivity contribution in [3.63, 3.8) is 0 Å². The highest BCUT2D eigenvalue weighted by atomic mass is 19.1. The number of halogens is 2. The van der Waals surface area contributed by atoms with Crippen LogP contribution in [0.3, 0.4) is 0 Å². The average molecular weight is 1680 g/mol. The second-order valence-electron chi connectivity index (χ2n) is 32.2. The summed E-state index contributed by atoms with van der Waals surface area (Å²) in [5, 5.41) is 68.4. The average Bonchev–Trinajstić information content (AvgIpc) is 1.77. The quantitative estimate of drug-likeness (QED) is 0.0295. The lowest BCUT2D eigenvalue weighted by molar-refractivity contribution is -0.138. The number of hydrogen-bond acceptors (Lipinski definition) is 19. The Bertz CT molecular complexity index is 5640. The molecule has 8 atom stereocenters. The van der Waals surface area contributed by atoms with Crippen molar-refractivity contribution in [1.82, 2.24) is 19.8 Å². The number of carbonyl (C=O) groups excluding carboxylic acids is 7. The zero-order valence-corrected chi connectivity index (χ0v) is 68.4. The van der Waals surface area contributed by atoms with Crippen molar-refractivity contribution in [2.24, 2.45) is 29.4 Å². The van der Waals surface area contributed by atoms with Gasteiger partial charge in [-0.2, -0.15) is 21.0 Å². The van der Waals surface area contributed by atoms with Crippen LogP contribution in [-0.2, 0) is 38.3 Å². The summed E-state index contributed by atoms with van der Waals surface area (Å²) in [6.07, 6.45) is 8.75. The van der Waals surface area contributed by atoms with E-state index in [1.165, 1.54) is 9.80 Å². The van der Waals surface area contributed by atoms with Crippen molar-refractivity contribution in [3.05, 3.63) is 210 Å². The molecule has 1 aromatic heterocycles. The maximum atomic E-state index is 14.7. The van der Waals surface area contributed by atoms with Crippen LogP contribution in [0.25, 0.3) is 44.5 Å². The topological polar surface area (TPSA) is 399 Å². The number of nitrogens with one attached hydrogen (secondary N) is 5. The van der Waals surface area contributed by atoms with E-state index in [4.69, 9.17) is 30.2 Å². The van der Waals surface area contributed by atoms with Crippen molar-refractivity contribution in [1.29, 1.82) is 21.0 Å². The fourth-order valence-electron chi connectivity index (χ4n) is 15.8. The Balaban J connectivity index is 0.000000136. The van der Waals surface area contributed by atoms with E-state index in [1.54, 1.807) is 56.0 Å². The molecule has 4 aliphatic heterocycles. The predicted molar refractivity (Wildman–Crippen MR) is 461 cm³/mol. The molecule has 0 bridgehead atoms. The second-order valence-corrected chi connectivity index (χ2v) is 32.2. The number of imidazole rings is 1. The molecule has 7 amide bonds. The molecule has 4 saturated carbocycles. The highest BCUT2D eigenvalue weighted by Gasteiger charge is 2.45. The molecule has 4 aliphatic carbocycles. The number of nitrogens with two attached hydrogens (primary N) is 1. The largest absolute Gasteiger partial charge is 0.486 e. The van der Waals surface area contributed by atoms with Gasteiger partial charge in [0.15, 0.2) is 12.3 Å². The first kappa shape index (κ1) is 86.5. The summed E-state index contributed by atoms with van der Waals surface area (Å²) in [6.45, 7) is 1.36. The van der Waals surface area contributed by atoms with Gasteiger partial charge in [0.2, 0.25) is 41.4 Å². The van der Waals surface area contributed by atoms with Crippen LogP contribution in [0.1, 0.15) is 111 Å². The Morgan fingerprint density at radius 1 is 0.484 bits per heavy atom. The summed E-state index contributed by atoms with van der Waals surface area (Å²) in [6, 6.07) is 60.4. The number of ether oxygens (including phenoxy) is 3. The lowest BCUT2D eigenvalue weighted by atomic mass is 10.0. The van der Waals surface area contributed by atoms with Crippen LogP contribution in [-0.4, -0.2) is 174 Å². The Kier molecular flexibility index (Phi) is 27.8. The van der Waals surface area contributed by atoms with Gasteiger partial charge in [0.25, 0.3) is 0 Å². The van der Waals surface area contributed by atoms with Gasteiger partial charge in [-0.25, -0.2) is 13.8 Å². The first-order chi connectivity index (χ1) is 60.2. The standard InChI is InChI=1S/C27H26FN5O4.C24H24FN3O4.C22H22N4O2.C22H23N3O2/c28-22-13-33(26(35)14-34)7-6-25(22)37-24-5-4-17(8-18(24)11-29)16-2-1-3-19(9-16)32-27(36)21-10-20(21)23-12-30-15-31-23;25-20-13-28(23(30)14-29)9-8-22(20)32-21-7-6-17(10-18(21)12-26)16-2-1-3-19(11-16)27-24(31)15-4-5-15;23-13-17-11-16(8-9-19(17)26-10-2-5-20(26)21(24)27)15-3-1-4-18(12-15)25-22(28)14-6-7-14;1-27-20-9-10-25(14-20)21-8-7-17(11-18(21)13-23)16-3-2-4-19(12-16)24-22(26)15-5-6-15/h1-5,8-9,12,15,20-22,25,34H,6-7,10,13-14H2,(H,30,31)(H,32,36);1-3,6-7,10-11,15,20,22,29H,4-5,8-9,13-14H2,(H,27,31);1,3-4,8-9,11-12,14,20H,2,5-7,10H2,(H2,24,27)(H,25,28);2-4,7-8,11-12,15,20H,5-6,9-10,14H2,1H3,(H,24,26)/t20?,21?,22-,25+;20-,22+;2*20-/m1110/s1. The second kappa shape index (κ2) is 39.8. The fraction of sp³-hybridized carbons (Fsp3) is 0.347. The van der Waals surface area contributed by atoms with Crippen LogP contribution in [0.2, 0.25) is 0 Å². The van der Waals surface area contributed by atoms with E-state index in [2.05, 4.69) is 60.4 Å². The number of aromatic nitrogens is 2. The van der Waals surface area contributed by atoms with Gasteiger partial charge in [0.05, 0.1) is 59.1 Å². The van der Waals surface area contributed by atoms with E-state index in [9.17, 15) is 63.4 Å². The molecular weight excluding hydrogens is 1580 g/mol. The van der Waals surface area contributed by atoms with E-state index in [0.29, 0.717) is 35.5 Å². The van der Waals surface area contributed by atoms with Gasteiger partial charge in [-0.1, -0.05) is 72.8 Å². The number of H-pyrrole nitrogens is 1. The number of aromatic amines is 1. The number of likely N-dealkylation sites (tertiary alicyclic amines) is 2. The maximum absolute atomic E-state index is 14.7. The van der Waals surface area contributed by atoms with Crippen LogP contribution < -0.4 is 46.3 Å². The number of nitriles is 4. The van der Waals surface area contributed by atoms with E-state index >= 15 is 0 Å². The number of alkyl halides is 2. The van der Waals surface area contributed by atoms with Crippen molar-refractivity contribution in [2.75, 3.05) is 97.2 Å². The number of primary amides is 1. The SMILES string of the molecule is CO[C@H]1CCN(c2ccc(-c3cccc(NC(=O)C4CC4)c3)cc2C#N)C1.N#Cc1cc(-c2cccc(NC(=O)C3CC3)c2)ccc1N1CCC[C@@H]1C(N)=O.N#Cc1cc(-c2cccc(NC(=O)C3CC3)c2)ccc1O[C@H]1CCN(C(=O)CO)C[C@H]1F.N#Cc1cc(-c2cccc(NC(=O)C3CC3c3cnc[nH]3)c2)ccc1O[C@H]1CCN(C(=O)CO)C[C@H]1F. The number of amides is 7. The van der Waals surface area contributed by atoms with Crippen molar-refractivity contribution in [3.8, 4) is 80.3 Å². The van der Waals surface area contributed by atoms with E-state index in [-0.39, 0.29) is 133 Å². The molecule has 9 aromatic rings. The van der Waals surface area contributed by atoms with E-state index < -0.39 is 49.6 Å². The van der Waals surface area contributed by atoms with Crippen molar-refractivity contribution >= 4 is 75.5 Å². The number of aliphatic hydroxyl groups excluding tert-OH is 2. The fourth-order valence-corrected chi connectivity index (χ4v) is 15.8. The molecule has 0 spiro atoms. The lowest BCUT2D eigenvalue weighted by Gasteiger charge is -2.34. The van der Waals surface area contributed by atoms with Crippen LogP contribution in [0.4, 0.5) is 42.9 Å². The minimum Gasteiger partial charge on any atom is -0.486 e.